The van der Waals surface area contributed by atoms with Crippen LogP contribution in [-0.2, 0) is 14.3 Å². The van der Waals surface area contributed by atoms with E-state index < -0.39 is 6.10 Å². The van der Waals surface area contributed by atoms with E-state index >= 15 is 0 Å². The average Bonchev–Trinajstić information content (AvgIpc) is 2.77. The molecule has 0 aromatic carbocycles. The second-order valence-electron chi connectivity index (χ2n) is 4.09. The van der Waals surface area contributed by atoms with Crippen LogP contribution in [0.5, 0.6) is 0 Å². The summed E-state index contributed by atoms with van der Waals surface area (Å²) in [6, 6.07) is 0. The van der Waals surface area contributed by atoms with Crippen LogP contribution >= 0.6 is 0 Å². The first-order valence-corrected chi connectivity index (χ1v) is 5.77. The number of hydrogen-bond acceptors (Lipinski definition) is 4. The molecule has 1 saturated heterocycles. The number of carbonyl (C=O) groups excluding carboxylic acids is 1. The lowest BCUT2D eigenvalue weighted by atomic mass is 10.1. The van der Waals surface area contributed by atoms with Crippen LogP contribution in [0.2, 0.25) is 0 Å². The Labute approximate surface area is 96.1 Å². The van der Waals surface area contributed by atoms with Gasteiger partial charge in [0.2, 0.25) is 5.91 Å². The van der Waals surface area contributed by atoms with Crippen LogP contribution < -0.4 is 5.32 Å². The number of amides is 1. The number of aliphatic hydroxyl groups excluding tert-OH is 1. The molecule has 1 rings (SSSR count). The van der Waals surface area contributed by atoms with E-state index in [1.807, 2.05) is 0 Å². The molecule has 0 radical (unpaired) electrons. The second kappa shape index (κ2) is 7.60. The van der Waals surface area contributed by atoms with Crippen molar-refractivity contribution in [2.45, 2.75) is 37.9 Å². The minimum atomic E-state index is -0.628. The molecule has 0 saturated carbocycles. The van der Waals surface area contributed by atoms with Gasteiger partial charge in [-0.05, 0) is 19.3 Å². The number of carbonyl (C=O) groups is 1. The summed E-state index contributed by atoms with van der Waals surface area (Å²) in [5, 5.41) is 12.0. The van der Waals surface area contributed by atoms with Gasteiger partial charge in [0.15, 0.2) is 0 Å². The van der Waals surface area contributed by atoms with Crippen molar-refractivity contribution < 1.29 is 19.4 Å². The fraction of sp³-hybridized carbons (Fsp3) is 0.909. The van der Waals surface area contributed by atoms with E-state index in [1.165, 1.54) is 7.11 Å². The first-order chi connectivity index (χ1) is 7.72. The normalized spacial score (nSPS) is 22.0. The molecule has 2 atom stereocenters. The fourth-order valence-electron chi connectivity index (χ4n) is 1.74. The third kappa shape index (κ3) is 5.44. The summed E-state index contributed by atoms with van der Waals surface area (Å²) in [7, 11) is 1.52. The largest absolute Gasteiger partial charge is 0.389 e. The van der Waals surface area contributed by atoms with Crippen LogP contribution in [0.1, 0.15) is 25.7 Å². The van der Waals surface area contributed by atoms with Crippen molar-refractivity contribution in [1.29, 1.82) is 0 Å². The summed E-state index contributed by atoms with van der Waals surface area (Å²) in [4.78, 5) is 11.4. The van der Waals surface area contributed by atoms with Crippen molar-refractivity contribution in [2.24, 2.45) is 0 Å². The Balaban J connectivity index is 2.01. The van der Waals surface area contributed by atoms with Gasteiger partial charge in [-0.15, -0.1) is 0 Å². The van der Waals surface area contributed by atoms with Crippen LogP contribution in [-0.4, -0.2) is 50.1 Å². The number of methoxy groups -OCH3 is 1. The summed E-state index contributed by atoms with van der Waals surface area (Å²) in [6.07, 6.45) is 3.00. The third-order valence-corrected chi connectivity index (χ3v) is 2.61. The molecular weight excluding hydrogens is 210 g/mol. The highest BCUT2D eigenvalue weighted by atomic mass is 16.5. The molecule has 0 spiro atoms. The van der Waals surface area contributed by atoms with Gasteiger partial charge in [0, 0.05) is 26.7 Å². The van der Waals surface area contributed by atoms with Gasteiger partial charge >= 0.3 is 0 Å². The highest BCUT2D eigenvalue weighted by Gasteiger charge is 2.16. The van der Waals surface area contributed by atoms with Gasteiger partial charge in [0.05, 0.1) is 18.8 Å². The van der Waals surface area contributed by atoms with Crippen LogP contribution in [0.25, 0.3) is 0 Å². The second-order valence-corrected chi connectivity index (χ2v) is 4.09. The van der Waals surface area contributed by atoms with E-state index in [-0.39, 0.29) is 25.2 Å². The van der Waals surface area contributed by atoms with Gasteiger partial charge in [-0.2, -0.15) is 0 Å². The maximum atomic E-state index is 11.4. The van der Waals surface area contributed by atoms with Crippen molar-refractivity contribution in [1.82, 2.24) is 5.32 Å². The minimum Gasteiger partial charge on any atom is -0.389 e. The summed E-state index contributed by atoms with van der Waals surface area (Å²) in [5.41, 5.74) is 0. The van der Waals surface area contributed by atoms with Gasteiger partial charge < -0.3 is 19.9 Å². The summed E-state index contributed by atoms with van der Waals surface area (Å²) < 4.78 is 10.2. The SMILES string of the molecule is COCC(O)CNC(=O)CCC1CCCO1. The van der Waals surface area contributed by atoms with Crippen molar-refractivity contribution in [2.75, 3.05) is 26.9 Å². The molecule has 16 heavy (non-hydrogen) atoms. The van der Waals surface area contributed by atoms with Gasteiger partial charge in [0.1, 0.15) is 0 Å². The first-order valence-electron chi connectivity index (χ1n) is 5.77. The number of aliphatic hydroxyl groups is 1. The Morgan fingerprint density at radius 2 is 2.50 bits per heavy atom. The monoisotopic (exact) mass is 231 g/mol. The smallest absolute Gasteiger partial charge is 0.220 e. The molecule has 0 bridgehead atoms. The molecule has 1 amide bonds. The van der Waals surface area contributed by atoms with Gasteiger partial charge in [0.25, 0.3) is 0 Å². The zero-order valence-electron chi connectivity index (χ0n) is 9.78. The number of ether oxygens (including phenoxy) is 2. The summed E-state index contributed by atoms with van der Waals surface area (Å²) in [6.45, 7) is 1.31. The summed E-state index contributed by atoms with van der Waals surface area (Å²) >= 11 is 0. The lowest BCUT2D eigenvalue weighted by Crippen LogP contribution is -2.34. The van der Waals surface area contributed by atoms with E-state index in [0.29, 0.717) is 6.42 Å². The zero-order chi connectivity index (χ0) is 11.8. The molecule has 94 valence electrons. The Bertz CT molecular complexity index is 204. The molecule has 1 aliphatic rings. The fourth-order valence-corrected chi connectivity index (χ4v) is 1.74. The maximum Gasteiger partial charge on any atom is 0.220 e. The lowest BCUT2D eigenvalue weighted by Gasteiger charge is -2.12. The number of hydrogen-bond donors (Lipinski definition) is 2. The third-order valence-electron chi connectivity index (χ3n) is 2.61. The topological polar surface area (TPSA) is 67.8 Å². The van der Waals surface area contributed by atoms with E-state index in [0.717, 1.165) is 25.9 Å². The molecule has 1 aliphatic heterocycles. The molecule has 5 heteroatoms. The van der Waals surface area contributed by atoms with E-state index in [9.17, 15) is 9.90 Å². The van der Waals surface area contributed by atoms with Gasteiger partial charge in [-0.3, -0.25) is 4.79 Å². The van der Waals surface area contributed by atoms with Crippen molar-refractivity contribution in [3.63, 3.8) is 0 Å². The van der Waals surface area contributed by atoms with Crippen LogP contribution in [0.4, 0.5) is 0 Å². The molecule has 2 unspecified atom stereocenters. The lowest BCUT2D eigenvalue weighted by molar-refractivity contribution is -0.122. The number of nitrogens with one attached hydrogen (secondary N) is 1. The average molecular weight is 231 g/mol. The quantitative estimate of drug-likeness (QED) is 0.650. The summed E-state index contributed by atoms with van der Waals surface area (Å²) in [5.74, 6) is -0.0364. The molecule has 1 heterocycles. The first kappa shape index (κ1) is 13.4. The van der Waals surface area contributed by atoms with E-state index in [2.05, 4.69) is 5.32 Å². The zero-order valence-corrected chi connectivity index (χ0v) is 9.78. The predicted molar refractivity (Wildman–Crippen MR) is 59.1 cm³/mol. The molecule has 0 aromatic heterocycles. The molecular formula is C11H21NO4. The highest BCUT2D eigenvalue weighted by molar-refractivity contribution is 5.75. The van der Waals surface area contributed by atoms with E-state index in [4.69, 9.17) is 9.47 Å². The predicted octanol–water partition coefficient (Wildman–Crippen LogP) is 0.0691. The van der Waals surface area contributed by atoms with Crippen molar-refractivity contribution in [3.8, 4) is 0 Å². The molecule has 5 nitrogen and oxygen atoms in total. The highest BCUT2D eigenvalue weighted by Crippen LogP contribution is 2.16. The van der Waals surface area contributed by atoms with Crippen LogP contribution in [0, 0.1) is 0 Å². The molecule has 0 aliphatic carbocycles. The maximum absolute atomic E-state index is 11.4. The van der Waals surface area contributed by atoms with Crippen LogP contribution in [0.15, 0.2) is 0 Å². The van der Waals surface area contributed by atoms with Gasteiger partial charge in [-0.25, -0.2) is 0 Å². The molecule has 2 N–H and O–H groups in total. The van der Waals surface area contributed by atoms with Crippen molar-refractivity contribution in [3.05, 3.63) is 0 Å². The minimum absolute atomic E-state index is 0.0364. The van der Waals surface area contributed by atoms with Crippen molar-refractivity contribution >= 4 is 5.91 Å². The Morgan fingerprint density at radius 1 is 1.69 bits per heavy atom. The Morgan fingerprint density at radius 3 is 3.12 bits per heavy atom. The molecule has 1 fully saturated rings. The number of rotatable bonds is 7. The molecule has 0 aromatic rings. The van der Waals surface area contributed by atoms with Gasteiger partial charge in [-0.1, -0.05) is 0 Å². The van der Waals surface area contributed by atoms with E-state index in [1.54, 1.807) is 0 Å². The standard InChI is InChI=1S/C11H21NO4/c1-15-8-9(13)7-12-11(14)5-4-10-3-2-6-16-10/h9-10,13H,2-8H2,1H3,(H,12,14). The van der Waals surface area contributed by atoms with Crippen LogP contribution in [0.3, 0.4) is 0 Å². The Kier molecular flexibility index (Phi) is 6.37. The Hall–Kier alpha value is -0.650.